The van der Waals surface area contributed by atoms with Crippen LogP contribution in [0, 0.1) is 0 Å². The van der Waals surface area contributed by atoms with Crippen molar-refractivity contribution in [2.75, 3.05) is 6.54 Å². The summed E-state index contributed by atoms with van der Waals surface area (Å²) in [4.78, 5) is 4.32. The number of hydrogen-bond acceptors (Lipinski definition) is 4. The van der Waals surface area contributed by atoms with Gasteiger partial charge in [-0.2, -0.15) is 0 Å². The Morgan fingerprint density at radius 1 is 1.53 bits per heavy atom. The first-order chi connectivity index (χ1) is 8.29. The molecule has 0 bridgehead atoms. The fourth-order valence-electron chi connectivity index (χ4n) is 1.64. The van der Waals surface area contributed by atoms with E-state index in [1.165, 1.54) is 0 Å². The number of nitrogens with zero attached hydrogens (tertiary/aromatic N) is 1. The van der Waals surface area contributed by atoms with E-state index < -0.39 is 0 Å². The Balaban J connectivity index is 2.07. The van der Waals surface area contributed by atoms with Gasteiger partial charge in [0.2, 0.25) is 0 Å². The minimum absolute atomic E-state index is 0.201. The van der Waals surface area contributed by atoms with Gasteiger partial charge in [0.1, 0.15) is 5.76 Å². The first-order valence-corrected chi connectivity index (χ1v) is 7.34. The molecule has 3 nitrogen and oxygen atoms in total. The minimum atomic E-state index is 0.201. The van der Waals surface area contributed by atoms with Crippen LogP contribution < -0.4 is 5.32 Å². The third kappa shape index (κ3) is 3.66. The van der Waals surface area contributed by atoms with Gasteiger partial charge in [0.15, 0.2) is 4.67 Å². The van der Waals surface area contributed by atoms with Crippen LogP contribution >= 0.6 is 27.3 Å². The molecule has 0 aromatic carbocycles. The smallest absolute Gasteiger partial charge is 0.169 e. The number of rotatable bonds is 6. The van der Waals surface area contributed by atoms with Crippen LogP contribution in [0.1, 0.15) is 30.2 Å². The molecule has 17 heavy (non-hydrogen) atoms. The monoisotopic (exact) mass is 314 g/mol. The Labute approximate surface area is 113 Å². The fraction of sp³-hybridized carbons (Fsp3) is 0.417. The number of thiazole rings is 1. The molecule has 0 radical (unpaired) electrons. The number of nitrogens with one attached hydrogen (secondary N) is 1. The molecule has 2 aromatic rings. The van der Waals surface area contributed by atoms with Crippen molar-refractivity contribution in [3.8, 4) is 0 Å². The van der Waals surface area contributed by atoms with Crippen molar-refractivity contribution < 1.29 is 4.42 Å². The van der Waals surface area contributed by atoms with E-state index in [0.29, 0.717) is 0 Å². The molecule has 1 atom stereocenters. The molecule has 0 saturated heterocycles. The minimum Gasteiger partial charge on any atom is -0.453 e. The van der Waals surface area contributed by atoms with Gasteiger partial charge in [-0.25, -0.2) is 4.98 Å². The van der Waals surface area contributed by atoms with Crippen LogP contribution in [0.3, 0.4) is 0 Å². The first-order valence-electron chi connectivity index (χ1n) is 5.66. The molecule has 2 rings (SSSR count). The molecule has 0 amide bonds. The number of furan rings is 1. The molecule has 0 fully saturated rings. The lowest BCUT2D eigenvalue weighted by molar-refractivity contribution is 0.400. The van der Waals surface area contributed by atoms with E-state index in [0.717, 1.165) is 34.8 Å². The van der Waals surface area contributed by atoms with Gasteiger partial charge >= 0.3 is 0 Å². The lowest BCUT2D eigenvalue weighted by atomic mass is 10.1. The van der Waals surface area contributed by atoms with Gasteiger partial charge in [-0.05, 0) is 41.0 Å². The zero-order valence-electron chi connectivity index (χ0n) is 9.65. The molecule has 5 heteroatoms. The summed E-state index contributed by atoms with van der Waals surface area (Å²) in [7, 11) is 0. The number of halogens is 1. The molecular formula is C12H15BrN2OS. The zero-order valence-corrected chi connectivity index (χ0v) is 12.1. The van der Waals surface area contributed by atoms with Crippen molar-refractivity contribution in [3.63, 3.8) is 0 Å². The number of hydrogen-bond donors (Lipinski definition) is 1. The number of aromatic nitrogens is 1. The maximum atomic E-state index is 5.62. The lowest BCUT2D eigenvalue weighted by Gasteiger charge is -2.14. The Morgan fingerprint density at radius 2 is 2.41 bits per heavy atom. The first kappa shape index (κ1) is 12.8. The summed E-state index contributed by atoms with van der Waals surface area (Å²) in [6, 6.07) is 4.13. The van der Waals surface area contributed by atoms with Crippen molar-refractivity contribution in [2.24, 2.45) is 0 Å². The normalized spacial score (nSPS) is 12.8. The fourth-order valence-corrected chi connectivity index (χ4v) is 2.62. The van der Waals surface area contributed by atoms with Gasteiger partial charge in [-0.1, -0.05) is 6.92 Å². The SMILES string of the molecule is CCCNC(Cc1nccs1)c1ccc(Br)o1. The zero-order chi connectivity index (χ0) is 12.1. The summed E-state index contributed by atoms with van der Waals surface area (Å²) in [6.45, 7) is 3.14. The van der Waals surface area contributed by atoms with Gasteiger partial charge in [-0.3, -0.25) is 0 Å². The van der Waals surface area contributed by atoms with Gasteiger partial charge in [0, 0.05) is 18.0 Å². The standard InChI is InChI=1S/C12H15BrN2OS/c1-2-5-14-9(8-12-15-6-7-17-12)10-3-4-11(13)16-10/h3-4,6-7,9,14H,2,5,8H2,1H3. The predicted octanol–water partition coefficient (Wildman–Crippen LogP) is 3.78. The van der Waals surface area contributed by atoms with Gasteiger partial charge in [-0.15, -0.1) is 11.3 Å². The Bertz CT molecular complexity index is 441. The Hall–Kier alpha value is -0.650. The van der Waals surface area contributed by atoms with Gasteiger partial charge in [0.25, 0.3) is 0 Å². The molecule has 92 valence electrons. The summed E-state index contributed by atoms with van der Waals surface area (Å²) in [6.07, 6.45) is 3.82. The molecule has 0 aliphatic rings. The average Bonchev–Trinajstić information content (AvgIpc) is 2.95. The predicted molar refractivity (Wildman–Crippen MR) is 73.3 cm³/mol. The largest absolute Gasteiger partial charge is 0.453 e. The molecule has 0 aliphatic carbocycles. The summed E-state index contributed by atoms with van der Waals surface area (Å²) in [5.41, 5.74) is 0. The van der Waals surface area contributed by atoms with Crippen molar-refractivity contribution in [1.29, 1.82) is 0 Å². The molecular weight excluding hydrogens is 300 g/mol. The van der Waals surface area contributed by atoms with Crippen molar-refractivity contribution >= 4 is 27.3 Å². The molecule has 2 aromatic heterocycles. The quantitative estimate of drug-likeness (QED) is 0.881. The Morgan fingerprint density at radius 3 is 3.00 bits per heavy atom. The van der Waals surface area contributed by atoms with E-state index in [1.807, 2.05) is 23.7 Å². The second kappa shape index (κ2) is 6.33. The van der Waals surface area contributed by atoms with Crippen LogP contribution in [0.15, 0.2) is 32.8 Å². The van der Waals surface area contributed by atoms with E-state index in [9.17, 15) is 0 Å². The maximum absolute atomic E-state index is 5.62. The van der Waals surface area contributed by atoms with E-state index in [4.69, 9.17) is 4.42 Å². The second-order valence-electron chi connectivity index (χ2n) is 3.78. The Kier molecular flexibility index (Phi) is 4.76. The van der Waals surface area contributed by atoms with Crippen LogP contribution in [0.5, 0.6) is 0 Å². The van der Waals surface area contributed by atoms with E-state index in [1.54, 1.807) is 11.3 Å². The maximum Gasteiger partial charge on any atom is 0.169 e. The van der Waals surface area contributed by atoms with E-state index in [2.05, 4.69) is 33.2 Å². The molecule has 2 heterocycles. The van der Waals surface area contributed by atoms with Crippen molar-refractivity contribution in [3.05, 3.63) is 39.1 Å². The average molecular weight is 315 g/mol. The van der Waals surface area contributed by atoms with Crippen LogP contribution in [-0.2, 0) is 6.42 Å². The third-order valence-corrected chi connectivity index (χ3v) is 3.67. The van der Waals surface area contributed by atoms with Crippen LogP contribution in [0.2, 0.25) is 0 Å². The molecule has 0 aliphatic heterocycles. The van der Waals surface area contributed by atoms with E-state index in [-0.39, 0.29) is 6.04 Å². The summed E-state index contributed by atoms with van der Waals surface area (Å²) in [5.74, 6) is 0.959. The highest BCUT2D eigenvalue weighted by Crippen LogP contribution is 2.24. The van der Waals surface area contributed by atoms with Crippen LogP contribution in [0.25, 0.3) is 0 Å². The highest BCUT2D eigenvalue weighted by atomic mass is 79.9. The highest BCUT2D eigenvalue weighted by Gasteiger charge is 2.16. The van der Waals surface area contributed by atoms with Gasteiger partial charge in [0.05, 0.1) is 11.0 Å². The molecule has 0 saturated carbocycles. The highest BCUT2D eigenvalue weighted by molar-refractivity contribution is 9.10. The summed E-state index contributed by atoms with van der Waals surface area (Å²) in [5, 5.41) is 6.62. The summed E-state index contributed by atoms with van der Waals surface area (Å²) >= 11 is 5.02. The van der Waals surface area contributed by atoms with Crippen molar-refractivity contribution in [1.82, 2.24) is 10.3 Å². The second-order valence-corrected chi connectivity index (χ2v) is 5.54. The molecule has 0 spiro atoms. The van der Waals surface area contributed by atoms with Crippen LogP contribution in [0.4, 0.5) is 0 Å². The molecule has 1 N–H and O–H groups in total. The van der Waals surface area contributed by atoms with E-state index >= 15 is 0 Å². The summed E-state index contributed by atoms with van der Waals surface area (Å²) < 4.78 is 6.40. The molecule has 1 unspecified atom stereocenters. The topological polar surface area (TPSA) is 38.1 Å². The van der Waals surface area contributed by atoms with Crippen LogP contribution in [-0.4, -0.2) is 11.5 Å². The van der Waals surface area contributed by atoms with Gasteiger partial charge < -0.3 is 9.73 Å². The lowest BCUT2D eigenvalue weighted by Crippen LogP contribution is -2.23. The third-order valence-electron chi connectivity index (χ3n) is 2.44. The van der Waals surface area contributed by atoms with Crippen molar-refractivity contribution in [2.45, 2.75) is 25.8 Å².